The Labute approximate surface area is 257 Å². The van der Waals surface area contributed by atoms with E-state index in [9.17, 15) is 9.59 Å². The highest BCUT2D eigenvalue weighted by Gasteiger charge is 2.27. The Morgan fingerprint density at radius 2 is 1.72 bits per heavy atom. The third-order valence-electron chi connectivity index (χ3n) is 7.33. The first-order valence-corrected chi connectivity index (χ1v) is 15.1. The Kier molecular flexibility index (Phi) is 11.5. The molecule has 10 nitrogen and oxygen atoms in total. The van der Waals surface area contributed by atoms with Gasteiger partial charge in [-0.1, -0.05) is 6.07 Å². The van der Waals surface area contributed by atoms with Crippen molar-refractivity contribution in [2.45, 2.75) is 38.8 Å². The van der Waals surface area contributed by atoms with Gasteiger partial charge >= 0.3 is 6.03 Å². The summed E-state index contributed by atoms with van der Waals surface area (Å²) in [4.78, 5) is 33.2. The fraction of sp³-hybridized carbons (Fsp3) is 0.438. The zero-order chi connectivity index (χ0) is 30.8. The second kappa shape index (κ2) is 15.5. The van der Waals surface area contributed by atoms with Gasteiger partial charge in [0.1, 0.15) is 18.0 Å². The van der Waals surface area contributed by atoms with E-state index in [2.05, 4.69) is 11.4 Å². The average molecular weight is 612 g/mol. The SMILES string of the molecule is COc1ccc(NC(=O)N(CC(=O)N(CCc2ccc(OC)c(OC)c2)Cc2ccc(C)s2)CC2CCCO2)c(OC)c1. The largest absolute Gasteiger partial charge is 0.497 e. The second-order valence-corrected chi connectivity index (χ2v) is 11.7. The van der Waals surface area contributed by atoms with Crippen molar-refractivity contribution >= 4 is 29.0 Å². The van der Waals surface area contributed by atoms with Crippen LogP contribution in [0.4, 0.5) is 10.5 Å². The average Bonchev–Trinajstić information content (AvgIpc) is 3.70. The number of thiophene rings is 1. The number of benzene rings is 2. The summed E-state index contributed by atoms with van der Waals surface area (Å²) in [5, 5.41) is 2.92. The maximum Gasteiger partial charge on any atom is 0.322 e. The Morgan fingerprint density at radius 1 is 0.930 bits per heavy atom. The Balaban J connectivity index is 1.53. The smallest absolute Gasteiger partial charge is 0.322 e. The molecule has 0 radical (unpaired) electrons. The van der Waals surface area contributed by atoms with Crippen molar-refractivity contribution in [2.75, 3.05) is 60.0 Å². The molecule has 2 heterocycles. The first-order valence-electron chi connectivity index (χ1n) is 14.3. The van der Waals surface area contributed by atoms with E-state index in [0.717, 1.165) is 23.3 Å². The van der Waals surface area contributed by atoms with E-state index in [0.29, 0.717) is 61.3 Å². The molecular formula is C32H41N3O7S. The standard InChI is InChI=1S/C32H41N3O7S/c1-22-8-11-26(43-22)20-34(15-14-23-9-13-28(39-3)30(17-23)41-5)31(36)21-35(19-25-7-6-16-42-25)32(37)33-27-12-10-24(38-2)18-29(27)40-4/h8-13,17-18,25H,6-7,14-16,19-21H2,1-5H3,(H,33,37). The lowest BCUT2D eigenvalue weighted by molar-refractivity contribution is -0.132. The van der Waals surface area contributed by atoms with E-state index in [-0.39, 0.29) is 18.6 Å². The van der Waals surface area contributed by atoms with Crippen molar-refractivity contribution in [3.05, 3.63) is 63.8 Å². The number of amides is 3. The van der Waals surface area contributed by atoms with Crippen LogP contribution in [0.3, 0.4) is 0 Å². The molecule has 1 fully saturated rings. The lowest BCUT2D eigenvalue weighted by Crippen LogP contribution is -2.47. The summed E-state index contributed by atoms with van der Waals surface area (Å²) in [7, 11) is 6.30. The number of hydrogen-bond donors (Lipinski definition) is 1. The molecule has 1 saturated heterocycles. The quantitative estimate of drug-likeness (QED) is 0.262. The van der Waals surface area contributed by atoms with Crippen molar-refractivity contribution in [3.8, 4) is 23.0 Å². The maximum absolute atomic E-state index is 13.9. The minimum Gasteiger partial charge on any atom is -0.497 e. The maximum atomic E-state index is 13.9. The number of carbonyl (C=O) groups is 2. The number of anilines is 1. The van der Waals surface area contributed by atoms with Crippen molar-refractivity contribution in [2.24, 2.45) is 0 Å². The molecule has 1 N–H and O–H groups in total. The van der Waals surface area contributed by atoms with Crippen LogP contribution in [0.1, 0.15) is 28.2 Å². The molecule has 0 bridgehead atoms. The molecule has 1 aromatic heterocycles. The van der Waals surface area contributed by atoms with Gasteiger partial charge in [-0.3, -0.25) is 4.79 Å². The number of methoxy groups -OCH3 is 4. The molecule has 3 aromatic rings. The summed E-state index contributed by atoms with van der Waals surface area (Å²) < 4.78 is 27.4. The van der Waals surface area contributed by atoms with Crippen LogP contribution in [0.15, 0.2) is 48.5 Å². The molecule has 4 rings (SSSR count). The molecule has 0 saturated carbocycles. The van der Waals surface area contributed by atoms with Gasteiger partial charge in [-0.2, -0.15) is 0 Å². The predicted octanol–water partition coefficient (Wildman–Crippen LogP) is 5.38. The lowest BCUT2D eigenvalue weighted by Gasteiger charge is -2.29. The fourth-order valence-electron chi connectivity index (χ4n) is 4.96. The number of nitrogens with zero attached hydrogens (tertiary/aromatic N) is 2. The van der Waals surface area contributed by atoms with Crippen LogP contribution in [0.2, 0.25) is 0 Å². The molecule has 11 heteroatoms. The predicted molar refractivity (Wildman–Crippen MR) is 167 cm³/mol. The number of ether oxygens (including phenoxy) is 5. The molecule has 0 spiro atoms. The van der Waals surface area contributed by atoms with E-state index in [1.807, 2.05) is 36.1 Å². The van der Waals surface area contributed by atoms with E-state index in [1.165, 1.54) is 16.9 Å². The highest BCUT2D eigenvalue weighted by molar-refractivity contribution is 7.11. The minimum absolute atomic E-state index is 0.0968. The van der Waals surface area contributed by atoms with Crippen LogP contribution >= 0.6 is 11.3 Å². The lowest BCUT2D eigenvalue weighted by atomic mass is 10.1. The van der Waals surface area contributed by atoms with Crippen molar-refractivity contribution in [3.63, 3.8) is 0 Å². The number of nitrogens with one attached hydrogen (secondary N) is 1. The van der Waals surface area contributed by atoms with Gasteiger partial charge in [0, 0.05) is 35.5 Å². The number of hydrogen-bond acceptors (Lipinski definition) is 8. The highest BCUT2D eigenvalue weighted by Crippen LogP contribution is 2.30. The second-order valence-electron chi connectivity index (χ2n) is 10.3. The highest BCUT2D eigenvalue weighted by atomic mass is 32.1. The normalized spacial score (nSPS) is 14.2. The molecule has 43 heavy (non-hydrogen) atoms. The first kappa shape index (κ1) is 32.0. The number of carbonyl (C=O) groups excluding carboxylic acids is 2. The summed E-state index contributed by atoms with van der Waals surface area (Å²) in [5.74, 6) is 2.20. The summed E-state index contributed by atoms with van der Waals surface area (Å²) in [6, 6.07) is 14.6. The molecule has 1 atom stereocenters. The van der Waals surface area contributed by atoms with E-state index in [1.54, 1.807) is 50.9 Å². The molecule has 0 aliphatic carbocycles. The van der Waals surface area contributed by atoms with Crippen LogP contribution in [0, 0.1) is 6.92 Å². The van der Waals surface area contributed by atoms with Gasteiger partial charge in [-0.25, -0.2) is 4.79 Å². The van der Waals surface area contributed by atoms with Gasteiger partial charge < -0.3 is 38.8 Å². The van der Waals surface area contributed by atoms with E-state index >= 15 is 0 Å². The number of urea groups is 1. The van der Waals surface area contributed by atoms with Gasteiger partial charge in [-0.05, 0) is 68.1 Å². The zero-order valence-electron chi connectivity index (χ0n) is 25.5. The van der Waals surface area contributed by atoms with Crippen LogP contribution < -0.4 is 24.3 Å². The van der Waals surface area contributed by atoms with Gasteiger partial charge in [0.05, 0.1) is 46.8 Å². The summed E-state index contributed by atoms with van der Waals surface area (Å²) in [6.45, 7) is 3.82. The summed E-state index contributed by atoms with van der Waals surface area (Å²) >= 11 is 1.66. The molecule has 1 aliphatic heterocycles. The third kappa shape index (κ3) is 8.77. The monoisotopic (exact) mass is 611 g/mol. The zero-order valence-corrected chi connectivity index (χ0v) is 26.3. The van der Waals surface area contributed by atoms with Crippen molar-refractivity contribution < 1.29 is 33.3 Å². The minimum atomic E-state index is -0.404. The van der Waals surface area contributed by atoms with Crippen LogP contribution in [0.25, 0.3) is 0 Å². The molecule has 1 aliphatic rings. The molecule has 3 amide bonds. The summed E-state index contributed by atoms with van der Waals surface area (Å²) in [5.41, 5.74) is 1.50. The van der Waals surface area contributed by atoms with Gasteiger partial charge in [0.2, 0.25) is 5.91 Å². The Morgan fingerprint density at radius 3 is 2.37 bits per heavy atom. The first-order chi connectivity index (χ1) is 20.8. The molecule has 232 valence electrons. The number of rotatable bonds is 14. The van der Waals surface area contributed by atoms with Crippen molar-refractivity contribution in [1.29, 1.82) is 0 Å². The van der Waals surface area contributed by atoms with E-state index in [4.69, 9.17) is 23.7 Å². The summed E-state index contributed by atoms with van der Waals surface area (Å²) in [6.07, 6.45) is 2.24. The Bertz CT molecular complexity index is 1370. The number of aryl methyl sites for hydroxylation is 1. The molecular weight excluding hydrogens is 570 g/mol. The third-order valence-corrected chi connectivity index (χ3v) is 8.31. The van der Waals surface area contributed by atoms with Gasteiger partial charge in [-0.15, -0.1) is 11.3 Å². The topological polar surface area (TPSA) is 98.8 Å². The molecule has 1 unspecified atom stereocenters. The van der Waals surface area contributed by atoms with Crippen LogP contribution in [-0.4, -0.2) is 82.5 Å². The van der Waals surface area contributed by atoms with Crippen LogP contribution in [-0.2, 0) is 22.5 Å². The van der Waals surface area contributed by atoms with Crippen molar-refractivity contribution in [1.82, 2.24) is 9.80 Å². The van der Waals surface area contributed by atoms with Gasteiger partial charge in [0.15, 0.2) is 11.5 Å². The van der Waals surface area contributed by atoms with Crippen LogP contribution in [0.5, 0.6) is 23.0 Å². The van der Waals surface area contributed by atoms with Gasteiger partial charge in [0.25, 0.3) is 0 Å². The Hall–Kier alpha value is -3.96. The van der Waals surface area contributed by atoms with E-state index < -0.39 is 6.03 Å². The fourth-order valence-corrected chi connectivity index (χ4v) is 5.87. The molecule has 2 aromatic carbocycles.